The molecule has 3 N–H and O–H groups in total. The molecule has 2 atom stereocenters. The number of nitrogens with one attached hydrogen (secondary N) is 1. The molecule has 0 saturated carbocycles. The second-order valence-corrected chi connectivity index (χ2v) is 5.53. The fourth-order valence-electron chi connectivity index (χ4n) is 2.08. The van der Waals surface area contributed by atoms with Crippen molar-refractivity contribution in [3.8, 4) is 0 Å². The SMILES string of the molecule is CC(C)CN1CCOC(CNC(=O)C(C)CN)C1. The maximum Gasteiger partial charge on any atom is 0.224 e. The topological polar surface area (TPSA) is 67.6 Å². The number of rotatable bonds is 6. The van der Waals surface area contributed by atoms with Crippen LogP contribution in [0.3, 0.4) is 0 Å². The second-order valence-electron chi connectivity index (χ2n) is 5.53. The molecule has 1 heterocycles. The first-order valence-electron chi connectivity index (χ1n) is 6.84. The van der Waals surface area contributed by atoms with Crippen molar-refractivity contribution in [2.45, 2.75) is 26.9 Å². The molecule has 2 unspecified atom stereocenters. The largest absolute Gasteiger partial charge is 0.374 e. The van der Waals surface area contributed by atoms with Gasteiger partial charge in [0.2, 0.25) is 5.91 Å². The van der Waals surface area contributed by atoms with Gasteiger partial charge < -0.3 is 15.8 Å². The molecule has 0 bridgehead atoms. The Morgan fingerprint density at radius 1 is 1.50 bits per heavy atom. The Balaban J connectivity index is 2.27. The molecule has 1 aliphatic rings. The minimum atomic E-state index is -0.125. The smallest absolute Gasteiger partial charge is 0.224 e. The predicted octanol–water partition coefficient (Wildman–Crippen LogP) is 0.0542. The minimum absolute atomic E-state index is 0.0158. The summed E-state index contributed by atoms with van der Waals surface area (Å²) in [7, 11) is 0. The summed E-state index contributed by atoms with van der Waals surface area (Å²) >= 11 is 0. The van der Waals surface area contributed by atoms with E-state index in [0.717, 1.165) is 26.2 Å². The molecular formula is C13H27N3O2. The van der Waals surface area contributed by atoms with E-state index in [1.165, 1.54) is 0 Å². The van der Waals surface area contributed by atoms with Crippen molar-refractivity contribution in [2.75, 3.05) is 39.3 Å². The highest BCUT2D eigenvalue weighted by molar-refractivity contribution is 5.78. The van der Waals surface area contributed by atoms with Gasteiger partial charge in [0.15, 0.2) is 0 Å². The van der Waals surface area contributed by atoms with Crippen LogP contribution in [0.1, 0.15) is 20.8 Å². The zero-order valence-corrected chi connectivity index (χ0v) is 11.8. The molecule has 0 aromatic rings. The van der Waals surface area contributed by atoms with E-state index in [1.54, 1.807) is 0 Å². The Morgan fingerprint density at radius 3 is 2.83 bits per heavy atom. The predicted molar refractivity (Wildman–Crippen MR) is 72.2 cm³/mol. The Morgan fingerprint density at radius 2 is 2.22 bits per heavy atom. The summed E-state index contributed by atoms with van der Waals surface area (Å²) in [5.41, 5.74) is 5.46. The zero-order chi connectivity index (χ0) is 13.5. The normalized spacial score (nSPS) is 23.1. The van der Waals surface area contributed by atoms with Gasteiger partial charge in [0, 0.05) is 38.6 Å². The lowest BCUT2D eigenvalue weighted by molar-refractivity contribution is -0.125. The number of ether oxygens (including phenoxy) is 1. The van der Waals surface area contributed by atoms with Crippen LogP contribution in [-0.4, -0.2) is 56.2 Å². The summed E-state index contributed by atoms with van der Waals surface area (Å²) in [5, 5.41) is 2.91. The highest BCUT2D eigenvalue weighted by Crippen LogP contribution is 2.07. The lowest BCUT2D eigenvalue weighted by Gasteiger charge is -2.34. The van der Waals surface area contributed by atoms with Gasteiger partial charge in [-0.15, -0.1) is 0 Å². The summed E-state index contributed by atoms with van der Waals surface area (Å²) in [4.78, 5) is 14.0. The Hall–Kier alpha value is -0.650. The molecule has 1 rings (SSSR count). The van der Waals surface area contributed by atoms with Crippen LogP contribution in [-0.2, 0) is 9.53 Å². The van der Waals surface area contributed by atoms with Gasteiger partial charge in [-0.05, 0) is 5.92 Å². The maximum atomic E-state index is 11.6. The zero-order valence-electron chi connectivity index (χ0n) is 11.8. The summed E-state index contributed by atoms with van der Waals surface area (Å²) < 4.78 is 5.67. The number of nitrogens with two attached hydrogens (primary N) is 1. The van der Waals surface area contributed by atoms with Crippen molar-refractivity contribution >= 4 is 5.91 Å². The molecule has 5 heteroatoms. The number of hydrogen-bond acceptors (Lipinski definition) is 4. The first kappa shape index (κ1) is 15.4. The lowest BCUT2D eigenvalue weighted by atomic mass is 10.1. The van der Waals surface area contributed by atoms with Crippen molar-refractivity contribution in [3.63, 3.8) is 0 Å². The van der Waals surface area contributed by atoms with E-state index in [2.05, 4.69) is 24.1 Å². The lowest BCUT2D eigenvalue weighted by Crippen LogP contribution is -2.49. The first-order valence-corrected chi connectivity index (χ1v) is 6.84. The van der Waals surface area contributed by atoms with Crippen LogP contribution in [0, 0.1) is 11.8 Å². The van der Waals surface area contributed by atoms with E-state index >= 15 is 0 Å². The number of morpholine rings is 1. The molecule has 1 aliphatic heterocycles. The molecule has 5 nitrogen and oxygen atoms in total. The molecule has 0 spiro atoms. The van der Waals surface area contributed by atoms with Crippen molar-refractivity contribution < 1.29 is 9.53 Å². The van der Waals surface area contributed by atoms with E-state index in [1.807, 2.05) is 6.92 Å². The van der Waals surface area contributed by atoms with E-state index in [9.17, 15) is 4.79 Å². The molecule has 0 aromatic carbocycles. The van der Waals surface area contributed by atoms with Crippen LogP contribution in [0.15, 0.2) is 0 Å². The van der Waals surface area contributed by atoms with Gasteiger partial charge in [0.05, 0.1) is 12.7 Å². The van der Waals surface area contributed by atoms with Crippen molar-refractivity contribution in [1.29, 1.82) is 0 Å². The third-order valence-corrected chi connectivity index (χ3v) is 3.15. The number of amides is 1. The highest BCUT2D eigenvalue weighted by Gasteiger charge is 2.22. The highest BCUT2D eigenvalue weighted by atomic mass is 16.5. The molecule has 1 fully saturated rings. The van der Waals surface area contributed by atoms with Gasteiger partial charge in [-0.25, -0.2) is 0 Å². The van der Waals surface area contributed by atoms with Gasteiger partial charge >= 0.3 is 0 Å². The second kappa shape index (κ2) is 7.71. The molecule has 0 aliphatic carbocycles. The number of carbonyl (C=O) groups excluding carboxylic acids is 1. The van der Waals surface area contributed by atoms with Crippen LogP contribution >= 0.6 is 0 Å². The van der Waals surface area contributed by atoms with Crippen LogP contribution in [0.5, 0.6) is 0 Å². The molecule has 106 valence electrons. The Labute approximate surface area is 110 Å². The minimum Gasteiger partial charge on any atom is -0.374 e. The average Bonchev–Trinajstić information content (AvgIpc) is 2.34. The molecule has 18 heavy (non-hydrogen) atoms. The van der Waals surface area contributed by atoms with E-state index in [-0.39, 0.29) is 17.9 Å². The van der Waals surface area contributed by atoms with Crippen molar-refractivity contribution in [2.24, 2.45) is 17.6 Å². The van der Waals surface area contributed by atoms with Crippen molar-refractivity contribution in [3.05, 3.63) is 0 Å². The molecular weight excluding hydrogens is 230 g/mol. The van der Waals surface area contributed by atoms with E-state index in [4.69, 9.17) is 10.5 Å². The van der Waals surface area contributed by atoms with Crippen LogP contribution in [0.2, 0.25) is 0 Å². The van der Waals surface area contributed by atoms with Crippen LogP contribution < -0.4 is 11.1 Å². The van der Waals surface area contributed by atoms with Crippen LogP contribution in [0.25, 0.3) is 0 Å². The summed E-state index contributed by atoms with van der Waals surface area (Å²) in [6, 6.07) is 0. The van der Waals surface area contributed by atoms with Crippen LogP contribution in [0.4, 0.5) is 0 Å². The maximum absolute atomic E-state index is 11.6. The van der Waals surface area contributed by atoms with E-state index < -0.39 is 0 Å². The fraction of sp³-hybridized carbons (Fsp3) is 0.923. The van der Waals surface area contributed by atoms with Gasteiger partial charge in [0.25, 0.3) is 0 Å². The number of nitrogens with zero attached hydrogens (tertiary/aromatic N) is 1. The number of carbonyl (C=O) groups is 1. The molecule has 0 radical (unpaired) electrons. The number of hydrogen-bond donors (Lipinski definition) is 2. The standard InChI is InChI=1S/C13H27N3O2/c1-10(2)8-16-4-5-18-12(9-16)7-15-13(17)11(3)6-14/h10-12H,4-9,14H2,1-3H3,(H,15,17). The molecule has 1 saturated heterocycles. The molecule has 0 aromatic heterocycles. The third-order valence-electron chi connectivity index (χ3n) is 3.15. The van der Waals surface area contributed by atoms with E-state index in [0.29, 0.717) is 19.0 Å². The summed E-state index contributed by atoms with van der Waals surface area (Å²) in [6.45, 7) is 11.0. The quantitative estimate of drug-likeness (QED) is 0.706. The molecule has 1 amide bonds. The van der Waals surface area contributed by atoms with Gasteiger partial charge in [-0.3, -0.25) is 9.69 Å². The Bertz CT molecular complexity index is 259. The fourth-order valence-corrected chi connectivity index (χ4v) is 2.08. The summed E-state index contributed by atoms with van der Waals surface area (Å²) in [6.07, 6.45) is 0.103. The third kappa shape index (κ3) is 5.33. The summed E-state index contributed by atoms with van der Waals surface area (Å²) in [5.74, 6) is 0.554. The monoisotopic (exact) mass is 257 g/mol. The van der Waals surface area contributed by atoms with Gasteiger partial charge in [-0.2, -0.15) is 0 Å². The Kier molecular flexibility index (Phi) is 6.60. The average molecular weight is 257 g/mol. The van der Waals surface area contributed by atoms with Gasteiger partial charge in [0.1, 0.15) is 0 Å². The van der Waals surface area contributed by atoms with Gasteiger partial charge in [-0.1, -0.05) is 20.8 Å². The van der Waals surface area contributed by atoms with Crippen molar-refractivity contribution in [1.82, 2.24) is 10.2 Å². The first-order chi connectivity index (χ1) is 8.52.